The van der Waals surface area contributed by atoms with Crippen molar-refractivity contribution >= 4 is 0 Å². The lowest BCUT2D eigenvalue weighted by molar-refractivity contribution is 0.297. The van der Waals surface area contributed by atoms with Gasteiger partial charge in [0.1, 0.15) is 5.82 Å². The minimum atomic E-state index is 0.171. The van der Waals surface area contributed by atoms with Crippen LogP contribution in [-0.2, 0) is 12.8 Å². The summed E-state index contributed by atoms with van der Waals surface area (Å²) in [6, 6.07) is 0. The Labute approximate surface area is 98.3 Å². The third-order valence-corrected chi connectivity index (χ3v) is 2.83. The zero-order chi connectivity index (χ0) is 11.6. The van der Waals surface area contributed by atoms with E-state index in [0.29, 0.717) is 6.42 Å². The highest BCUT2D eigenvalue weighted by atomic mass is 16.3. The van der Waals surface area contributed by atoms with Gasteiger partial charge in [-0.2, -0.15) is 0 Å². The van der Waals surface area contributed by atoms with Crippen molar-refractivity contribution in [3.63, 3.8) is 0 Å². The summed E-state index contributed by atoms with van der Waals surface area (Å²) in [7, 11) is 0. The third kappa shape index (κ3) is 5.31. The molecule has 1 rings (SSSR count). The standard InChI is InChI=1S/C13H24N2O/c1-2-3-4-5-6-7-8-12-11-14-13(15-12)9-10-16/h11,16H,2-10H2,1H3,(H,14,15). The molecule has 0 amide bonds. The topological polar surface area (TPSA) is 48.9 Å². The molecule has 92 valence electrons. The molecule has 0 aliphatic heterocycles. The van der Waals surface area contributed by atoms with Crippen LogP contribution in [0.5, 0.6) is 0 Å². The van der Waals surface area contributed by atoms with E-state index in [2.05, 4.69) is 16.9 Å². The number of hydrogen-bond acceptors (Lipinski definition) is 2. The second-order valence-corrected chi connectivity index (χ2v) is 4.35. The van der Waals surface area contributed by atoms with Crippen LogP contribution in [0.1, 0.15) is 57.0 Å². The third-order valence-electron chi connectivity index (χ3n) is 2.83. The first-order valence-electron chi connectivity index (χ1n) is 6.50. The van der Waals surface area contributed by atoms with Crippen LogP contribution in [0.2, 0.25) is 0 Å². The number of H-pyrrole nitrogens is 1. The summed E-state index contributed by atoms with van der Waals surface area (Å²) >= 11 is 0. The van der Waals surface area contributed by atoms with Crippen molar-refractivity contribution in [2.24, 2.45) is 0 Å². The summed E-state index contributed by atoms with van der Waals surface area (Å²) in [5.74, 6) is 0.906. The quantitative estimate of drug-likeness (QED) is 0.634. The highest BCUT2D eigenvalue weighted by Gasteiger charge is 1.99. The van der Waals surface area contributed by atoms with Crippen LogP contribution < -0.4 is 0 Å². The average Bonchev–Trinajstić information content (AvgIpc) is 2.72. The second kappa shape index (κ2) is 8.34. The Balaban J connectivity index is 2.07. The summed E-state index contributed by atoms with van der Waals surface area (Å²) < 4.78 is 0. The number of aliphatic hydroxyl groups is 1. The van der Waals surface area contributed by atoms with E-state index < -0.39 is 0 Å². The number of imidazole rings is 1. The number of aromatic amines is 1. The van der Waals surface area contributed by atoms with Gasteiger partial charge in [0.2, 0.25) is 0 Å². The van der Waals surface area contributed by atoms with Gasteiger partial charge in [-0.3, -0.25) is 0 Å². The Bertz CT molecular complexity index is 271. The van der Waals surface area contributed by atoms with Crippen molar-refractivity contribution in [1.29, 1.82) is 0 Å². The summed E-state index contributed by atoms with van der Waals surface area (Å²) in [4.78, 5) is 7.46. The van der Waals surface area contributed by atoms with Crippen LogP contribution in [0.4, 0.5) is 0 Å². The fourth-order valence-electron chi connectivity index (χ4n) is 1.86. The Morgan fingerprint density at radius 1 is 1.12 bits per heavy atom. The predicted molar refractivity (Wildman–Crippen MR) is 66.5 cm³/mol. The van der Waals surface area contributed by atoms with E-state index in [-0.39, 0.29) is 6.61 Å². The second-order valence-electron chi connectivity index (χ2n) is 4.35. The average molecular weight is 224 g/mol. The van der Waals surface area contributed by atoms with Crippen molar-refractivity contribution in [2.75, 3.05) is 6.61 Å². The first-order chi connectivity index (χ1) is 7.86. The maximum atomic E-state index is 8.77. The van der Waals surface area contributed by atoms with E-state index >= 15 is 0 Å². The van der Waals surface area contributed by atoms with Crippen molar-refractivity contribution in [2.45, 2.75) is 58.3 Å². The van der Waals surface area contributed by atoms with Crippen molar-refractivity contribution in [1.82, 2.24) is 9.97 Å². The number of nitrogens with zero attached hydrogens (tertiary/aromatic N) is 1. The molecule has 3 heteroatoms. The molecule has 16 heavy (non-hydrogen) atoms. The van der Waals surface area contributed by atoms with E-state index in [1.54, 1.807) is 0 Å². The van der Waals surface area contributed by atoms with Crippen LogP contribution in [0.3, 0.4) is 0 Å². The first kappa shape index (κ1) is 13.2. The fraction of sp³-hybridized carbons (Fsp3) is 0.769. The lowest BCUT2D eigenvalue weighted by Gasteiger charge is -1.99. The number of aromatic nitrogens is 2. The van der Waals surface area contributed by atoms with Gasteiger partial charge in [0.25, 0.3) is 0 Å². The Hall–Kier alpha value is -0.830. The lowest BCUT2D eigenvalue weighted by Crippen LogP contribution is -1.93. The van der Waals surface area contributed by atoms with Crippen molar-refractivity contribution in [3.8, 4) is 0 Å². The smallest absolute Gasteiger partial charge is 0.108 e. The zero-order valence-electron chi connectivity index (χ0n) is 10.3. The van der Waals surface area contributed by atoms with Crippen LogP contribution in [-0.4, -0.2) is 21.7 Å². The molecule has 3 nitrogen and oxygen atoms in total. The predicted octanol–water partition coefficient (Wildman–Crippen LogP) is 2.85. The van der Waals surface area contributed by atoms with Crippen molar-refractivity contribution in [3.05, 3.63) is 17.7 Å². The minimum Gasteiger partial charge on any atom is -0.396 e. The van der Waals surface area contributed by atoms with Crippen LogP contribution in [0.25, 0.3) is 0 Å². The summed E-state index contributed by atoms with van der Waals surface area (Å²) in [6.07, 6.45) is 11.6. The van der Waals surface area contributed by atoms with Gasteiger partial charge >= 0.3 is 0 Å². The summed E-state index contributed by atoms with van der Waals surface area (Å²) in [5.41, 5.74) is 1.21. The van der Waals surface area contributed by atoms with Gasteiger partial charge in [-0.25, -0.2) is 4.98 Å². The van der Waals surface area contributed by atoms with E-state index in [0.717, 1.165) is 12.2 Å². The molecule has 0 aliphatic carbocycles. The van der Waals surface area contributed by atoms with E-state index in [9.17, 15) is 0 Å². The molecule has 1 heterocycles. The molecule has 0 unspecified atom stereocenters. The van der Waals surface area contributed by atoms with Gasteiger partial charge < -0.3 is 10.1 Å². The largest absolute Gasteiger partial charge is 0.396 e. The number of nitrogens with one attached hydrogen (secondary N) is 1. The molecule has 0 radical (unpaired) electrons. The van der Waals surface area contributed by atoms with Gasteiger partial charge in [-0.05, 0) is 12.8 Å². The molecule has 0 saturated heterocycles. The van der Waals surface area contributed by atoms with Crippen LogP contribution in [0.15, 0.2) is 6.20 Å². The molecule has 1 aromatic rings. The maximum Gasteiger partial charge on any atom is 0.108 e. The molecule has 0 fully saturated rings. The summed E-state index contributed by atoms with van der Waals surface area (Å²) in [5, 5.41) is 8.77. The monoisotopic (exact) mass is 224 g/mol. The Morgan fingerprint density at radius 3 is 2.62 bits per heavy atom. The molecule has 0 aromatic carbocycles. The molecule has 0 saturated carbocycles. The lowest BCUT2D eigenvalue weighted by atomic mass is 10.1. The number of hydrogen-bond donors (Lipinski definition) is 2. The van der Waals surface area contributed by atoms with Gasteiger partial charge in [-0.15, -0.1) is 0 Å². The Kier molecular flexibility index (Phi) is 6.90. The first-order valence-corrected chi connectivity index (χ1v) is 6.50. The fourth-order valence-corrected chi connectivity index (χ4v) is 1.86. The zero-order valence-corrected chi connectivity index (χ0v) is 10.3. The van der Waals surface area contributed by atoms with Gasteiger partial charge in [0.15, 0.2) is 0 Å². The molecule has 0 spiro atoms. The molecule has 0 aliphatic rings. The maximum absolute atomic E-state index is 8.77. The molecular weight excluding hydrogens is 200 g/mol. The minimum absolute atomic E-state index is 0.171. The molecular formula is C13H24N2O. The van der Waals surface area contributed by atoms with E-state index in [1.165, 1.54) is 44.2 Å². The van der Waals surface area contributed by atoms with E-state index in [4.69, 9.17) is 5.11 Å². The molecule has 0 atom stereocenters. The van der Waals surface area contributed by atoms with Crippen LogP contribution >= 0.6 is 0 Å². The van der Waals surface area contributed by atoms with Crippen molar-refractivity contribution < 1.29 is 5.11 Å². The number of unbranched alkanes of at least 4 members (excludes halogenated alkanes) is 5. The normalized spacial score (nSPS) is 10.9. The van der Waals surface area contributed by atoms with Gasteiger partial charge in [-0.1, -0.05) is 39.0 Å². The van der Waals surface area contributed by atoms with Gasteiger partial charge in [0, 0.05) is 18.3 Å². The highest BCUT2D eigenvalue weighted by molar-refractivity contribution is 5.01. The number of aryl methyl sites for hydroxylation is 1. The number of rotatable bonds is 9. The van der Waals surface area contributed by atoms with Crippen LogP contribution in [0, 0.1) is 0 Å². The SMILES string of the molecule is CCCCCCCCc1cnc(CCO)[nH]1. The molecule has 1 aromatic heterocycles. The Morgan fingerprint density at radius 2 is 1.88 bits per heavy atom. The van der Waals surface area contributed by atoms with Gasteiger partial charge in [0.05, 0.1) is 6.61 Å². The molecule has 2 N–H and O–H groups in total. The highest BCUT2D eigenvalue weighted by Crippen LogP contribution is 2.08. The summed E-state index contributed by atoms with van der Waals surface area (Å²) in [6.45, 7) is 2.41. The number of aliphatic hydroxyl groups excluding tert-OH is 1. The van der Waals surface area contributed by atoms with E-state index in [1.807, 2.05) is 6.20 Å². The molecule has 0 bridgehead atoms.